The fraction of sp³-hybridized carbons (Fsp3) is 0.143. The van der Waals surface area contributed by atoms with Crippen LogP contribution < -0.4 is 5.32 Å². The van der Waals surface area contributed by atoms with Crippen LogP contribution in [0.3, 0.4) is 0 Å². The number of carbonyl (C=O) groups is 1. The lowest BCUT2D eigenvalue weighted by Crippen LogP contribution is -2.24. The van der Waals surface area contributed by atoms with Crippen molar-refractivity contribution < 1.29 is 4.79 Å². The highest BCUT2D eigenvalue weighted by atomic mass is 35.5. The van der Waals surface area contributed by atoms with Crippen molar-refractivity contribution in [2.45, 2.75) is 0 Å². The van der Waals surface area contributed by atoms with Crippen molar-refractivity contribution in [3.05, 3.63) is 28.2 Å². The Balaban J connectivity index is 2.45. The molecule has 0 atom stereocenters. The molecule has 3 nitrogen and oxygen atoms in total. The monoisotopic (exact) mass is 202 g/mol. The molecule has 0 radical (unpaired) electrons. The molecule has 1 rings (SSSR count). The van der Waals surface area contributed by atoms with Gasteiger partial charge in [-0.05, 0) is 0 Å². The summed E-state index contributed by atoms with van der Waals surface area (Å²) < 4.78 is 0. The molecule has 0 aliphatic rings. The Labute approximate surface area is 79.1 Å². The quantitative estimate of drug-likeness (QED) is 0.810. The van der Waals surface area contributed by atoms with E-state index in [1.807, 2.05) is 0 Å². The first-order chi connectivity index (χ1) is 5.70. The van der Waals surface area contributed by atoms with Crippen LogP contribution in [0.15, 0.2) is 22.5 Å². The lowest BCUT2D eigenvalue weighted by Gasteiger charge is -1.99. The molecule has 1 aromatic heterocycles. The van der Waals surface area contributed by atoms with Crippen molar-refractivity contribution in [3.8, 4) is 0 Å². The van der Waals surface area contributed by atoms with E-state index in [2.05, 4.69) is 16.9 Å². The van der Waals surface area contributed by atoms with Gasteiger partial charge < -0.3 is 5.32 Å². The molecule has 5 heteroatoms. The Morgan fingerprint density at radius 1 is 1.83 bits per heavy atom. The van der Waals surface area contributed by atoms with Crippen LogP contribution in [0.25, 0.3) is 0 Å². The minimum atomic E-state index is -0.224. The average Bonchev–Trinajstić information content (AvgIpc) is 2.51. The van der Waals surface area contributed by atoms with E-state index >= 15 is 0 Å². The second-order valence-corrected chi connectivity index (χ2v) is 3.33. The van der Waals surface area contributed by atoms with Crippen LogP contribution in [0, 0.1) is 0 Å². The molecule has 0 aliphatic heterocycles. The van der Waals surface area contributed by atoms with Crippen LogP contribution in [0.2, 0.25) is 0 Å². The predicted molar refractivity (Wildman–Crippen MR) is 49.4 cm³/mol. The number of carbonyl (C=O) groups excluding carboxylic acids is 1. The van der Waals surface area contributed by atoms with Crippen molar-refractivity contribution in [3.63, 3.8) is 0 Å². The van der Waals surface area contributed by atoms with Gasteiger partial charge in [0.1, 0.15) is 5.69 Å². The first kappa shape index (κ1) is 9.22. The molecule has 0 saturated heterocycles. The van der Waals surface area contributed by atoms with E-state index in [-0.39, 0.29) is 12.5 Å². The number of hydrogen-bond donors (Lipinski definition) is 1. The van der Waals surface area contributed by atoms with Crippen LogP contribution >= 0.6 is 22.9 Å². The van der Waals surface area contributed by atoms with Gasteiger partial charge in [0.25, 0.3) is 5.91 Å². The third-order valence-electron chi connectivity index (χ3n) is 1.11. The molecule has 0 fully saturated rings. The highest BCUT2D eigenvalue weighted by Crippen LogP contribution is 2.01. The van der Waals surface area contributed by atoms with Crippen molar-refractivity contribution >= 4 is 28.8 Å². The van der Waals surface area contributed by atoms with Gasteiger partial charge in [-0.2, -0.15) is 0 Å². The zero-order valence-corrected chi connectivity index (χ0v) is 7.78. The maximum atomic E-state index is 11.1. The number of nitrogens with zero attached hydrogens (tertiary/aromatic N) is 1. The van der Waals surface area contributed by atoms with Crippen LogP contribution in [-0.4, -0.2) is 17.4 Å². The van der Waals surface area contributed by atoms with Gasteiger partial charge in [0, 0.05) is 10.4 Å². The van der Waals surface area contributed by atoms with Crippen molar-refractivity contribution in [2.24, 2.45) is 0 Å². The lowest BCUT2D eigenvalue weighted by atomic mass is 10.4. The highest BCUT2D eigenvalue weighted by molar-refractivity contribution is 7.07. The van der Waals surface area contributed by atoms with Gasteiger partial charge in [-0.3, -0.25) is 4.79 Å². The molecular weight excluding hydrogens is 196 g/mol. The first-order valence-electron chi connectivity index (χ1n) is 3.20. The largest absolute Gasteiger partial charge is 0.346 e. The Morgan fingerprint density at radius 3 is 3.08 bits per heavy atom. The number of aromatic nitrogens is 1. The van der Waals surface area contributed by atoms with Crippen molar-refractivity contribution in [2.75, 3.05) is 6.54 Å². The Morgan fingerprint density at radius 2 is 2.58 bits per heavy atom. The van der Waals surface area contributed by atoms with Gasteiger partial charge in [0.05, 0.1) is 12.1 Å². The van der Waals surface area contributed by atoms with Crippen LogP contribution in [0.5, 0.6) is 0 Å². The van der Waals surface area contributed by atoms with Crippen LogP contribution in [-0.2, 0) is 0 Å². The van der Waals surface area contributed by atoms with Gasteiger partial charge in [-0.1, -0.05) is 18.2 Å². The highest BCUT2D eigenvalue weighted by Gasteiger charge is 2.05. The molecule has 12 heavy (non-hydrogen) atoms. The maximum Gasteiger partial charge on any atom is 0.271 e. The third kappa shape index (κ3) is 2.64. The molecule has 0 aromatic carbocycles. The summed E-state index contributed by atoms with van der Waals surface area (Å²) in [7, 11) is 0. The summed E-state index contributed by atoms with van der Waals surface area (Å²) in [4.78, 5) is 15.0. The van der Waals surface area contributed by atoms with Crippen molar-refractivity contribution in [1.82, 2.24) is 10.3 Å². The second kappa shape index (κ2) is 4.23. The van der Waals surface area contributed by atoms with E-state index in [9.17, 15) is 4.79 Å². The summed E-state index contributed by atoms with van der Waals surface area (Å²) in [5.41, 5.74) is 2.02. The number of rotatable bonds is 3. The van der Waals surface area contributed by atoms with Gasteiger partial charge in [-0.25, -0.2) is 4.98 Å². The predicted octanol–water partition coefficient (Wildman–Crippen LogP) is 1.63. The zero-order chi connectivity index (χ0) is 8.97. The standard InChI is InChI=1S/C7H7ClN2OS/c1-5(8)2-9-7(11)6-3-12-4-10-6/h3-4H,1-2H2,(H,9,11). The normalized spacial score (nSPS) is 9.42. The molecule has 0 unspecified atom stereocenters. The Bertz CT molecular complexity index is 284. The number of hydrogen-bond acceptors (Lipinski definition) is 3. The molecule has 1 amide bonds. The summed E-state index contributed by atoms with van der Waals surface area (Å²) in [6.07, 6.45) is 0. The van der Waals surface area contributed by atoms with E-state index in [0.717, 1.165) is 0 Å². The summed E-state index contributed by atoms with van der Waals surface area (Å²) in [5, 5.41) is 4.63. The number of halogens is 1. The first-order valence-corrected chi connectivity index (χ1v) is 4.52. The molecule has 1 heterocycles. The van der Waals surface area contributed by atoms with Crippen LogP contribution in [0.4, 0.5) is 0 Å². The summed E-state index contributed by atoms with van der Waals surface area (Å²) in [6, 6.07) is 0. The van der Waals surface area contributed by atoms with Gasteiger partial charge in [-0.15, -0.1) is 11.3 Å². The Kier molecular flexibility index (Phi) is 3.25. The van der Waals surface area contributed by atoms with E-state index in [4.69, 9.17) is 11.6 Å². The summed E-state index contributed by atoms with van der Waals surface area (Å²) in [6.45, 7) is 3.72. The summed E-state index contributed by atoms with van der Waals surface area (Å²) in [5.74, 6) is -0.224. The van der Waals surface area contributed by atoms with Gasteiger partial charge in [0.15, 0.2) is 0 Å². The van der Waals surface area contributed by atoms with Gasteiger partial charge >= 0.3 is 0 Å². The molecule has 64 valence electrons. The number of thiazole rings is 1. The zero-order valence-electron chi connectivity index (χ0n) is 6.21. The van der Waals surface area contributed by atoms with E-state index in [1.165, 1.54) is 11.3 Å². The topological polar surface area (TPSA) is 42.0 Å². The molecule has 0 spiro atoms. The maximum absolute atomic E-state index is 11.1. The van der Waals surface area contributed by atoms with E-state index in [0.29, 0.717) is 10.7 Å². The third-order valence-corrected chi connectivity index (χ3v) is 1.83. The molecule has 0 aliphatic carbocycles. The molecule has 1 aromatic rings. The minimum Gasteiger partial charge on any atom is -0.346 e. The van der Waals surface area contributed by atoms with Crippen LogP contribution in [0.1, 0.15) is 10.5 Å². The SMILES string of the molecule is C=C(Cl)CNC(=O)c1cscn1. The van der Waals surface area contributed by atoms with E-state index < -0.39 is 0 Å². The average molecular weight is 203 g/mol. The molecular formula is C7H7ClN2OS. The molecule has 0 saturated carbocycles. The number of nitrogens with one attached hydrogen (secondary N) is 1. The number of amides is 1. The van der Waals surface area contributed by atoms with Crippen molar-refractivity contribution in [1.29, 1.82) is 0 Å². The smallest absolute Gasteiger partial charge is 0.271 e. The molecule has 1 N–H and O–H groups in total. The lowest BCUT2D eigenvalue weighted by molar-refractivity contribution is 0.0953. The van der Waals surface area contributed by atoms with Gasteiger partial charge in [0.2, 0.25) is 0 Å². The minimum absolute atomic E-state index is 0.224. The second-order valence-electron chi connectivity index (χ2n) is 2.07. The molecule has 0 bridgehead atoms. The van der Waals surface area contributed by atoms with E-state index in [1.54, 1.807) is 10.9 Å². The summed E-state index contributed by atoms with van der Waals surface area (Å²) >= 11 is 6.83. The fourth-order valence-electron chi connectivity index (χ4n) is 0.591. The fourth-order valence-corrected chi connectivity index (χ4v) is 1.19. The Hall–Kier alpha value is -0.870.